The van der Waals surface area contributed by atoms with Crippen molar-refractivity contribution in [3.8, 4) is 16.9 Å². The van der Waals surface area contributed by atoms with Crippen LogP contribution in [0.25, 0.3) is 22.5 Å². The monoisotopic (exact) mass is 344 g/mol. The Balaban J connectivity index is 2.04. The summed E-state index contributed by atoms with van der Waals surface area (Å²) in [4.78, 5) is 17.4. The largest absolute Gasteiger partial charge is 0.355 e. The van der Waals surface area contributed by atoms with Crippen LogP contribution in [0.1, 0.15) is 22.4 Å². The topological polar surface area (TPSA) is 52.2 Å². The van der Waals surface area contributed by atoms with E-state index in [2.05, 4.69) is 42.1 Å². The fourth-order valence-electron chi connectivity index (χ4n) is 3.64. The van der Waals surface area contributed by atoms with Crippen molar-refractivity contribution >= 4 is 5.52 Å². The van der Waals surface area contributed by atoms with Crippen molar-refractivity contribution in [1.82, 2.24) is 19.2 Å². The average Bonchev–Trinajstić information content (AvgIpc) is 2.88. The molecule has 0 aliphatic rings. The van der Waals surface area contributed by atoms with E-state index in [1.807, 2.05) is 26.0 Å². The zero-order valence-electron chi connectivity index (χ0n) is 15.3. The second-order valence-electron chi connectivity index (χ2n) is 6.65. The van der Waals surface area contributed by atoms with E-state index < -0.39 is 0 Å². The first-order chi connectivity index (χ1) is 12.5. The molecule has 4 aromatic rings. The van der Waals surface area contributed by atoms with E-state index in [9.17, 15) is 4.79 Å². The third-order valence-electron chi connectivity index (χ3n) is 4.88. The molecule has 0 N–H and O–H groups in total. The molecule has 0 aliphatic heterocycles. The summed E-state index contributed by atoms with van der Waals surface area (Å²) in [5.74, 6) is 0.512. The van der Waals surface area contributed by atoms with Gasteiger partial charge in [-0.1, -0.05) is 29.8 Å². The first-order valence-electron chi connectivity index (χ1n) is 8.58. The van der Waals surface area contributed by atoms with E-state index in [1.54, 1.807) is 22.9 Å². The second kappa shape index (κ2) is 5.95. The number of nitrogens with zero attached hydrogens (tertiary/aromatic N) is 4. The minimum atomic E-state index is -0.210. The fourth-order valence-corrected chi connectivity index (χ4v) is 3.64. The number of fused-ring (bicyclic) bond motifs is 1. The minimum Gasteiger partial charge on any atom is -0.263 e. The van der Waals surface area contributed by atoms with E-state index in [0.29, 0.717) is 5.82 Å². The van der Waals surface area contributed by atoms with Gasteiger partial charge in [0, 0.05) is 17.5 Å². The van der Waals surface area contributed by atoms with Gasteiger partial charge in [0.1, 0.15) is 0 Å². The first-order valence-corrected chi connectivity index (χ1v) is 8.58. The van der Waals surface area contributed by atoms with E-state index >= 15 is 0 Å². The molecule has 0 saturated carbocycles. The molecule has 130 valence electrons. The molecule has 0 unspecified atom stereocenters. The molecule has 0 atom stereocenters. The smallest absolute Gasteiger partial charge is 0.263 e. The molecular weight excluding hydrogens is 324 g/mol. The Hall–Kier alpha value is -3.21. The van der Waals surface area contributed by atoms with Gasteiger partial charge in [-0.05, 0) is 56.5 Å². The highest BCUT2D eigenvalue weighted by atomic mass is 16.2. The van der Waals surface area contributed by atoms with Crippen LogP contribution < -0.4 is 5.69 Å². The van der Waals surface area contributed by atoms with Crippen LogP contribution in [0.15, 0.2) is 53.6 Å². The number of benzene rings is 1. The van der Waals surface area contributed by atoms with Crippen LogP contribution >= 0.6 is 0 Å². The molecule has 0 fully saturated rings. The maximum atomic E-state index is 13.1. The lowest BCUT2D eigenvalue weighted by Crippen LogP contribution is -2.28. The van der Waals surface area contributed by atoms with Crippen molar-refractivity contribution in [2.45, 2.75) is 27.7 Å². The number of rotatable bonds is 2. The molecule has 0 radical (unpaired) electrons. The summed E-state index contributed by atoms with van der Waals surface area (Å²) in [6.45, 7) is 8.22. The van der Waals surface area contributed by atoms with Gasteiger partial charge in [-0.25, -0.2) is 9.78 Å². The number of aryl methyl sites for hydroxylation is 4. The van der Waals surface area contributed by atoms with Gasteiger partial charge in [-0.3, -0.25) is 4.40 Å². The summed E-state index contributed by atoms with van der Waals surface area (Å²) >= 11 is 0. The first kappa shape index (κ1) is 16.3. The van der Waals surface area contributed by atoms with Crippen molar-refractivity contribution in [2.75, 3.05) is 0 Å². The molecule has 0 saturated heterocycles. The van der Waals surface area contributed by atoms with E-state index in [0.717, 1.165) is 27.9 Å². The van der Waals surface area contributed by atoms with Crippen molar-refractivity contribution in [3.05, 3.63) is 81.7 Å². The minimum absolute atomic E-state index is 0.210. The predicted octanol–water partition coefficient (Wildman–Crippen LogP) is 3.78. The van der Waals surface area contributed by atoms with Crippen LogP contribution in [0.4, 0.5) is 0 Å². The summed E-state index contributed by atoms with van der Waals surface area (Å²) in [5.41, 5.74) is 7.27. The van der Waals surface area contributed by atoms with Gasteiger partial charge in [0.2, 0.25) is 0 Å². The van der Waals surface area contributed by atoms with E-state index in [1.165, 1.54) is 15.8 Å². The zero-order valence-corrected chi connectivity index (χ0v) is 15.3. The Labute approximate surface area is 151 Å². The lowest BCUT2D eigenvalue weighted by atomic mass is 9.96. The van der Waals surface area contributed by atoms with Crippen molar-refractivity contribution < 1.29 is 0 Å². The average molecular weight is 344 g/mol. The second-order valence-corrected chi connectivity index (χ2v) is 6.65. The standard InChI is InChI=1S/C21H20N4O/c1-13-8-9-17(14(2)11-13)20-15(3)18-12-23-25(19-7-5-6-10-22-19)21(26)24(18)16(20)4/h5-12H,1-4H3. The Morgan fingerprint density at radius 2 is 1.81 bits per heavy atom. The van der Waals surface area contributed by atoms with Crippen LogP contribution in [0.5, 0.6) is 0 Å². The van der Waals surface area contributed by atoms with E-state index in [-0.39, 0.29) is 5.69 Å². The summed E-state index contributed by atoms with van der Waals surface area (Å²) < 4.78 is 3.07. The van der Waals surface area contributed by atoms with Gasteiger partial charge in [-0.2, -0.15) is 9.78 Å². The highest BCUT2D eigenvalue weighted by Crippen LogP contribution is 2.33. The van der Waals surface area contributed by atoms with Crippen LogP contribution in [0.2, 0.25) is 0 Å². The molecule has 26 heavy (non-hydrogen) atoms. The maximum Gasteiger partial charge on any atom is 0.355 e. The van der Waals surface area contributed by atoms with Crippen LogP contribution in [0.3, 0.4) is 0 Å². The number of pyridine rings is 1. The normalized spacial score (nSPS) is 11.2. The molecule has 5 heteroatoms. The summed E-state index contributed by atoms with van der Waals surface area (Å²) in [5, 5.41) is 4.34. The van der Waals surface area contributed by atoms with Crippen LogP contribution in [0, 0.1) is 27.7 Å². The fraction of sp³-hybridized carbons (Fsp3) is 0.190. The van der Waals surface area contributed by atoms with Crippen LogP contribution in [-0.2, 0) is 0 Å². The molecule has 0 aliphatic carbocycles. The number of hydrogen-bond donors (Lipinski definition) is 0. The molecule has 3 aromatic heterocycles. The number of hydrogen-bond acceptors (Lipinski definition) is 3. The third-order valence-corrected chi connectivity index (χ3v) is 4.88. The van der Waals surface area contributed by atoms with Gasteiger partial charge < -0.3 is 0 Å². The number of aromatic nitrogens is 4. The highest BCUT2D eigenvalue weighted by Gasteiger charge is 2.19. The molecule has 1 aromatic carbocycles. The summed E-state index contributed by atoms with van der Waals surface area (Å²) in [6.07, 6.45) is 3.40. The van der Waals surface area contributed by atoms with Crippen molar-refractivity contribution in [3.63, 3.8) is 0 Å². The Bertz CT molecular complexity index is 1190. The molecule has 3 heterocycles. The van der Waals surface area contributed by atoms with Gasteiger partial charge in [0.25, 0.3) is 0 Å². The van der Waals surface area contributed by atoms with Crippen LogP contribution in [-0.4, -0.2) is 19.2 Å². The molecule has 4 rings (SSSR count). The lowest BCUT2D eigenvalue weighted by Gasteiger charge is -2.08. The SMILES string of the molecule is Cc1ccc(-c2c(C)c3cnn(-c4ccccn4)c(=O)n3c2C)c(C)c1. The van der Waals surface area contributed by atoms with Crippen molar-refractivity contribution in [1.29, 1.82) is 0 Å². The molecule has 0 spiro atoms. The van der Waals surface area contributed by atoms with E-state index in [4.69, 9.17) is 0 Å². The zero-order chi connectivity index (χ0) is 18.4. The van der Waals surface area contributed by atoms with Gasteiger partial charge >= 0.3 is 5.69 Å². The Kier molecular flexibility index (Phi) is 3.72. The summed E-state index contributed by atoms with van der Waals surface area (Å²) in [6, 6.07) is 11.8. The predicted molar refractivity (Wildman–Crippen MR) is 103 cm³/mol. The third kappa shape index (κ3) is 2.36. The maximum absolute atomic E-state index is 13.1. The molecular formula is C21H20N4O. The lowest BCUT2D eigenvalue weighted by molar-refractivity contribution is 0.725. The quantitative estimate of drug-likeness (QED) is 0.556. The van der Waals surface area contributed by atoms with Crippen molar-refractivity contribution in [2.24, 2.45) is 0 Å². The highest BCUT2D eigenvalue weighted by molar-refractivity contribution is 5.80. The molecule has 0 amide bonds. The molecule has 5 nitrogen and oxygen atoms in total. The molecule has 0 bridgehead atoms. The summed E-state index contributed by atoms with van der Waals surface area (Å²) in [7, 11) is 0. The Morgan fingerprint density at radius 1 is 1.00 bits per heavy atom. The van der Waals surface area contributed by atoms with Gasteiger partial charge in [0.05, 0.1) is 11.7 Å². The van der Waals surface area contributed by atoms with Gasteiger partial charge in [0.15, 0.2) is 5.82 Å². The van der Waals surface area contributed by atoms with Gasteiger partial charge in [-0.15, -0.1) is 0 Å². The Morgan fingerprint density at radius 3 is 2.50 bits per heavy atom.